The van der Waals surface area contributed by atoms with Crippen LogP contribution in [-0.2, 0) is 10.8 Å². The first-order valence-corrected chi connectivity index (χ1v) is 11.9. The lowest BCUT2D eigenvalue weighted by Gasteiger charge is -2.39. The summed E-state index contributed by atoms with van der Waals surface area (Å²) in [4.78, 5) is 0. The normalized spacial score (nSPS) is 21.7. The van der Waals surface area contributed by atoms with Crippen molar-refractivity contribution in [3.8, 4) is 0 Å². The van der Waals surface area contributed by atoms with Crippen LogP contribution in [0.1, 0.15) is 98.8 Å². The van der Waals surface area contributed by atoms with E-state index in [4.69, 9.17) is 0 Å². The summed E-state index contributed by atoms with van der Waals surface area (Å²) in [5.74, 6) is 0. The average molecular weight is 407 g/mol. The van der Waals surface area contributed by atoms with Crippen LogP contribution in [0.4, 0.5) is 0 Å². The van der Waals surface area contributed by atoms with Gasteiger partial charge in [-0.15, -0.1) is 0 Å². The third-order valence-electron chi connectivity index (χ3n) is 5.82. The zero-order chi connectivity index (χ0) is 23.2. The molecule has 0 saturated carbocycles. The first kappa shape index (κ1) is 26.2. The Morgan fingerprint density at radius 2 is 1.43 bits per heavy atom. The van der Waals surface area contributed by atoms with Crippen molar-refractivity contribution in [3.63, 3.8) is 0 Å². The topological polar surface area (TPSA) is 0 Å². The maximum Gasteiger partial charge on any atom is 0.0219 e. The highest BCUT2D eigenvalue weighted by Gasteiger charge is 2.50. The number of rotatable bonds is 2. The summed E-state index contributed by atoms with van der Waals surface area (Å²) in [5.41, 5.74) is 7.70. The third-order valence-corrected chi connectivity index (χ3v) is 5.82. The van der Waals surface area contributed by atoms with Crippen LogP contribution in [0.25, 0.3) is 0 Å². The number of hydrogen-bond acceptors (Lipinski definition) is 0. The van der Waals surface area contributed by atoms with E-state index in [1.807, 2.05) is 27.7 Å². The molecule has 0 fully saturated rings. The smallest absolute Gasteiger partial charge is 0.0219 e. The van der Waals surface area contributed by atoms with E-state index in [1.54, 1.807) is 5.56 Å². The summed E-state index contributed by atoms with van der Waals surface area (Å²) in [6.07, 6.45) is 15.9. The molecule has 0 amide bonds. The van der Waals surface area contributed by atoms with E-state index in [0.717, 1.165) is 6.42 Å². The molecule has 0 saturated heterocycles. The Kier molecular flexibility index (Phi) is 9.15. The lowest BCUT2D eigenvalue weighted by molar-refractivity contribution is 0.261. The fourth-order valence-corrected chi connectivity index (χ4v) is 5.05. The molecule has 3 rings (SSSR count). The molecule has 0 aliphatic heterocycles. The minimum Gasteiger partial charge on any atom is -0.0683 e. The van der Waals surface area contributed by atoms with Crippen LogP contribution in [0.3, 0.4) is 0 Å². The monoisotopic (exact) mass is 406 g/mol. The van der Waals surface area contributed by atoms with Crippen LogP contribution in [0, 0.1) is 12.3 Å². The highest BCUT2D eigenvalue weighted by molar-refractivity contribution is 5.56. The Hall–Kier alpha value is -1.82. The molecule has 0 bridgehead atoms. The van der Waals surface area contributed by atoms with Gasteiger partial charge in [0.1, 0.15) is 0 Å². The first-order chi connectivity index (χ1) is 14.0. The van der Waals surface area contributed by atoms with Gasteiger partial charge in [-0.05, 0) is 54.2 Å². The fraction of sp³-hybridized carbons (Fsp3) is 0.533. The molecule has 0 radical (unpaired) electrons. The molecular weight excluding hydrogens is 360 g/mol. The molecule has 0 spiro atoms. The van der Waals surface area contributed by atoms with E-state index in [1.165, 1.54) is 28.7 Å². The van der Waals surface area contributed by atoms with Gasteiger partial charge in [0.25, 0.3) is 0 Å². The van der Waals surface area contributed by atoms with Gasteiger partial charge in [0.05, 0.1) is 0 Å². The van der Waals surface area contributed by atoms with Crippen LogP contribution in [0.2, 0.25) is 0 Å². The van der Waals surface area contributed by atoms with Gasteiger partial charge in [-0.25, -0.2) is 0 Å². The van der Waals surface area contributed by atoms with Crippen molar-refractivity contribution in [1.29, 1.82) is 0 Å². The third kappa shape index (κ3) is 5.87. The second kappa shape index (κ2) is 10.5. The van der Waals surface area contributed by atoms with E-state index < -0.39 is 0 Å². The van der Waals surface area contributed by atoms with E-state index in [-0.39, 0.29) is 16.2 Å². The van der Waals surface area contributed by atoms with Crippen molar-refractivity contribution < 1.29 is 0 Å². The van der Waals surface area contributed by atoms with Crippen molar-refractivity contribution in [2.24, 2.45) is 5.41 Å². The summed E-state index contributed by atoms with van der Waals surface area (Å²) >= 11 is 0. The van der Waals surface area contributed by atoms with Crippen molar-refractivity contribution in [2.45, 2.75) is 99.8 Å². The standard InChI is InChI=1S/C26H34.2C2H6/c1-19-10-8-12-21(13-9-11-19)26(17-24(3,4)5)18-25(6,7)22-15-14-20(2)16-23(22)26;2*1-2/h8-16H,17-18H2,1-7H3;2*1-2H3. The molecule has 1 aromatic rings. The van der Waals surface area contributed by atoms with Gasteiger partial charge < -0.3 is 0 Å². The quantitative estimate of drug-likeness (QED) is 0.459. The van der Waals surface area contributed by atoms with E-state index in [0.29, 0.717) is 0 Å². The number of hydrogen-bond donors (Lipinski definition) is 0. The molecule has 0 nitrogen and oxygen atoms in total. The Labute approximate surface area is 187 Å². The summed E-state index contributed by atoms with van der Waals surface area (Å²) in [5, 5.41) is 0. The van der Waals surface area contributed by atoms with Gasteiger partial charge in [0.15, 0.2) is 0 Å². The van der Waals surface area contributed by atoms with E-state index >= 15 is 0 Å². The van der Waals surface area contributed by atoms with Crippen molar-refractivity contribution in [2.75, 3.05) is 0 Å². The number of aryl methyl sites for hydroxylation is 1. The Morgan fingerprint density at radius 1 is 0.833 bits per heavy atom. The molecule has 2 aliphatic rings. The molecule has 1 unspecified atom stereocenters. The molecule has 0 heterocycles. The molecule has 0 heteroatoms. The minimum absolute atomic E-state index is 0.0724. The number of allylic oxidation sites excluding steroid dienone is 8. The lowest BCUT2D eigenvalue weighted by Crippen LogP contribution is -2.32. The second-order valence-electron chi connectivity index (χ2n) is 10.2. The second-order valence-corrected chi connectivity index (χ2v) is 10.2. The Morgan fingerprint density at radius 3 is 2.03 bits per heavy atom. The number of fused-ring (bicyclic) bond motifs is 1. The van der Waals surface area contributed by atoms with E-state index in [2.05, 4.69) is 103 Å². The fourth-order valence-electron chi connectivity index (χ4n) is 5.05. The molecule has 30 heavy (non-hydrogen) atoms. The molecular formula is C30H46. The summed E-state index contributed by atoms with van der Waals surface area (Å²) in [6.45, 7) is 24.3. The largest absolute Gasteiger partial charge is 0.0683 e. The highest BCUT2D eigenvalue weighted by Crippen LogP contribution is 2.57. The van der Waals surface area contributed by atoms with Crippen LogP contribution in [0.15, 0.2) is 65.8 Å². The van der Waals surface area contributed by atoms with Gasteiger partial charge in [0, 0.05) is 5.41 Å². The zero-order valence-corrected chi connectivity index (χ0v) is 21.6. The summed E-state index contributed by atoms with van der Waals surface area (Å²) in [6, 6.07) is 7.11. The maximum atomic E-state index is 2.45. The van der Waals surface area contributed by atoms with Gasteiger partial charge in [-0.3, -0.25) is 0 Å². The molecule has 0 N–H and O–H groups in total. The Bertz CT molecular complexity index is 814. The van der Waals surface area contributed by atoms with Gasteiger partial charge in [-0.1, -0.05) is 128 Å². The van der Waals surface area contributed by atoms with Gasteiger partial charge >= 0.3 is 0 Å². The van der Waals surface area contributed by atoms with Crippen molar-refractivity contribution in [3.05, 3.63) is 82.5 Å². The molecule has 166 valence electrons. The zero-order valence-electron chi connectivity index (χ0n) is 21.6. The van der Waals surface area contributed by atoms with Crippen LogP contribution >= 0.6 is 0 Å². The SMILES string of the molecule is CC.CC.CC1=CC=CC(C2(CC(C)(C)C)CC(C)(C)c3ccc(C)cc32)=CC=C1. The maximum absolute atomic E-state index is 2.45. The lowest BCUT2D eigenvalue weighted by atomic mass is 9.64. The van der Waals surface area contributed by atoms with Crippen molar-refractivity contribution in [1.82, 2.24) is 0 Å². The predicted molar refractivity (Wildman–Crippen MR) is 137 cm³/mol. The van der Waals surface area contributed by atoms with Gasteiger partial charge in [-0.2, -0.15) is 0 Å². The molecule has 2 aliphatic carbocycles. The molecule has 0 aromatic heterocycles. The van der Waals surface area contributed by atoms with Crippen LogP contribution in [-0.4, -0.2) is 0 Å². The summed E-state index contributed by atoms with van der Waals surface area (Å²) < 4.78 is 0. The summed E-state index contributed by atoms with van der Waals surface area (Å²) in [7, 11) is 0. The van der Waals surface area contributed by atoms with Crippen LogP contribution in [0.5, 0.6) is 0 Å². The molecule has 1 atom stereocenters. The first-order valence-electron chi connectivity index (χ1n) is 11.9. The average Bonchev–Trinajstić information content (AvgIpc) is 2.87. The highest BCUT2D eigenvalue weighted by atomic mass is 14.5. The minimum atomic E-state index is 0.0724. The van der Waals surface area contributed by atoms with Crippen LogP contribution < -0.4 is 0 Å². The van der Waals surface area contributed by atoms with E-state index in [9.17, 15) is 0 Å². The number of benzene rings is 1. The predicted octanol–water partition coefficient (Wildman–Crippen LogP) is 9.40. The van der Waals surface area contributed by atoms with Crippen molar-refractivity contribution >= 4 is 0 Å². The molecule has 1 aromatic carbocycles. The Balaban J connectivity index is 0.00000106. The van der Waals surface area contributed by atoms with Gasteiger partial charge in [0.2, 0.25) is 0 Å².